The van der Waals surface area contributed by atoms with Crippen molar-refractivity contribution in [3.63, 3.8) is 0 Å². The van der Waals surface area contributed by atoms with Gasteiger partial charge < -0.3 is 10.1 Å². The maximum atomic E-state index is 13.6. The van der Waals surface area contributed by atoms with Crippen LogP contribution in [0.3, 0.4) is 0 Å². The number of hydrogen-bond acceptors (Lipinski definition) is 3. The molecule has 0 unspecified atom stereocenters. The fourth-order valence-electron chi connectivity index (χ4n) is 3.57. The maximum absolute atomic E-state index is 13.6. The Balaban J connectivity index is 1.45. The summed E-state index contributed by atoms with van der Waals surface area (Å²) in [6.07, 6.45) is 2.38. The Bertz CT molecular complexity index is 1060. The molecule has 0 bridgehead atoms. The van der Waals surface area contributed by atoms with Crippen molar-refractivity contribution < 1.29 is 18.3 Å². The van der Waals surface area contributed by atoms with Crippen molar-refractivity contribution in [2.75, 3.05) is 13.2 Å². The predicted molar refractivity (Wildman–Crippen MR) is 105 cm³/mol. The lowest BCUT2D eigenvalue weighted by molar-refractivity contribution is 0.0940. The summed E-state index contributed by atoms with van der Waals surface area (Å²) in [7, 11) is 0. The number of nitrogens with zero attached hydrogens (tertiary/aromatic N) is 2. The summed E-state index contributed by atoms with van der Waals surface area (Å²) in [5.74, 6) is -1.40. The highest BCUT2D eigenvalue weighted by atomic mass is 19.2. The van der Waals surface area contributed by atoms with Crippen LogP contribution in [0.5, 0.6) is 5.75 Å². The molecule has 3 aromatic rings. The predicted octanol–water partition coefficient (Wildman–Crippen LogP) is 3.76. The average molecular weight is 397 g/mol. The molecule has 1 aromatic heterocycles. The number of halogens is 2. The van der Waals surface area contributed by atoms with Gasteiger partial charge in [0.2, 0.25) is 0 Å². The zero-order valence-corrected chi connectivity index (χ0v) is 16.0. The van der Waals surface area contributed by atoms with E-state index in [1.807, 2.05) is 31.2 Å². The van der Waals surface area contributed by atoms with Crippen molar-refractivity contribution in [1.82, 2.24) is 15.1 Å². The van der Waals surface area contributed by atoms with Gasteiger partial charge in [-0.25, -0.2) is 13.5 Å². The van der Waals surface area contributed by atoms with Crippen LogP contribution in [0.4, 0.5) is 8.78 Å². The van der Waals surface area contributed by atoms with E-state index in [2.05, 4.69) is 10.4 Å². The molecule has 0 saturated carbocycles. The SMILES string of the molecule is Cc1cccc(OCCNC(=O)c2nn(-c3ccc(F)c(F)c3)c3c2CCC3)c1. The number of aryl methyl sites for hydroxylation is 1. The van der Waals surface area contributed by atoms with Gasteiger partial charge in [0.15, 0.2) is 17.3 Å². The molecule has 0 aliphatic heterocycles. The molecular formula is C22H21F2N3O2. The van der Waals surface area contributed by atoms with Crippen LogP contribution in [0, 0.1) is 18.6 Å². The van der Waals surface area contributed by atoms with Gasteiger partial charge >= 0.3 is 0 Å². The van der Waals surface area contributed by atoms with Gasteiger partial charge in [-0.3, -0.25) is 4.79 Å². The Morgan fingerprint density at radius 1 is 1.17 bits per heavy atom. The van der Waals surface area contributed by atoms with E-state index in [1.54, 1.807) is 4.68 Å². The van der Waals surface area contributed by atoms with Crippen LogP contribution in [0.25, 0.3) is 5.69 Å². The summed E-state index contributed by atoms with van der Waals surface area (Å²) in [6, 6.07) is 11.3. The molecule has 1 aliphatic carbocycles. The molecule has 0 atom stereocenters. The molecule has 0 fully saturated rings. The Hall–Kier alpha value is -3.22. The van der Waals surface area contributed by atoms with E-state index in [4.69, 9.17) is 4.74 Å². The minimum absolute atomic E-state index is 0.294. The van der Waals surface area contributed by atoms with Crippen LogP contribution in [-0.2, 0) is 12.8 Å². The highest BCUT2D eigenvalue weighted by molar-refractivity contribution is 5.94. The highest BCUT2D eigenvalue weighted by Gasteiger charge is 2.27. The minimum Gasteiger partial charge on any atom is -0.492 e. The number of carbonyl (C=O) groups is 1. The number of hydrogen-bond donors (Lipinski definition) is 1. The molecular weight excluding hydrogens is 376 g/mol. The molecule has 29 heavy (non-hydrogen) atoms. The molecule has 0 spiro atoms. The quantitative estimate of drug-likeness (QED) is 0.645. The third kappa shape index (κ3) is 3.99. The van der Waals surface area contributed by atoms with Crippen LogP contribution in [0.1, 0.15) is 33.7 Å². The Morgan fingerprint density at radius 2 is 2.03 bits per heavy atom. The van der Waals surface area contributed by atoms with Gasteiger partial charge in [0.1, 0.15) is 12.4 Å². The molecule has 1 amide bonds. The van der Waals surface area contributed by atoms with Gasteiger partial charge in [-0.2, -0.15) is 5.10 Å². The zero-order chi connectivity index (χ0) is 20.4. The van der Waals surface area contributed by atoms with Crippen molar-refractivity contribution >= 4 is 5.91 Å². The summed E-state index contributed by atoms with van der Waals surface area (Å²) in [5.41, 5.74) is 3.58. The van der Waals surface area contributed by atoms with Gasteiger partial charge in [-0.1, -0.05) is 12.1 Å². The maximum Gasteiger partial charge on any atom is 0.272 e. The second-order valence-electron chi connectivity index (χ2n) is 7.06. The molecule has 0 saturated heterocycles. The smallest absolute Gasteiger partial charge is 0.272 e. The second-order valence-corrected chi connectivity index (χ2v) is 7.06. The number of fused-ring (bicyclic) bond motifs is 1. The van der Waals surface area contributed by atoms with Crippen LogP contribution in [0.2, 0.25) is 0 Å². The number of rotatable bonds is 6. The number of benzene rings is 2. The average Bonchev–Trinajstić information content (AvgIpc) is 3.30. The minimum atomic E-state index is -0.941. The first-order valence-electron chi connectivity index (χ1n) is 9.57. The van der Waals surface area contributed by atoms with Gasteiger partial charge in [0, 0.05) is 17.3 Å². The van der Waals surface area contributed by atoms with Crippen molar-refractivity contribution in [1.29, 1.82) is 0 Å². The number of ether oxygens (including phenoxy) is 1. The third-order valence-corrected chi connectivity index (χ3v) is 4.94. The first kappa shape index (κ1) is 19.1. The summed E-state index contributed by atoms with van der Waals surface area (Å²) < 4.78 is 34.1. The number of nitrogens with one attached hydrogen (secondary N) is 1. The van der Waals surface area contributed by atoms with Crippen LogP contribution in [0.15, 0.2) is 42.5 Å². The van der Waals surface area contributed by atoms with Crippen molar-refractivity contribution in [2.24, 2.45) is 0 Å². The van der Waals surface area contributed by atoms with E-state index in [-0.39, 0.29) is 5.91 Å². The van der Waals surface area contributed by atoms with Gasteiger partial charge in [0.05, 0.1) is 12.2 Å². The molecule has 4 rings (SSSR count). The number of carbonyl (C=O) groups excluding carboxylic acids is 1. The van der Waals surface area contributed by atoms with Crippen molar-refractivity contribution in [3.05, 3.63) is 76.6 Å². The molecule has 1 heterocycles. The fourth-order valence-corrected chi connectivity index (χ4v) is 3.57. The first-order valence-corrected chi connectivity index (χ1v) is 9.57. The topological polar surface area (TPSA) is 56.1 Å². The van der Waals surface area contributed by atoms with Gasteiger partial charge in [-0.15, -0.1) is 0 Å². The van der Waals surface area contributed by atoms with Crippen LogP contribution in [-0.4, -0.2) is 28.8 Å². The first-order chi connectivity index (χ1) is 14.0. The molecule has 2 aromatic carbocycles. The normalized spacial score (nSPS) is 12.7. The largest absolute Gasteiger partial charge is 0.492 e. The van der Waals surface area contributed by atoms with Crippen molar-refractivity contribution in [3.8, 4) is 11.4 Å². The van der Waals surface area contributed by atoms with E-state index in [9.17, 15) is 13.6 Å². The molecule has 0 radical (unpaired) electrons. The highest BCUT2D eigenvalue weighted by Crippen LogP contribution is 2.28. The van der Waals surface area contributed by atoms with Gasteiger partial charge in [0.25, 0.3) is 5.91 Å². The standard InChI is InChI=1S/C22H21F2N3O2/c1-14-4-2-5-16(12-14)29-11-10-25-22(28)21-17-6-3-7-20(17)27(26-21)15-8-9-18(23)19(24)13-15/h2,4-5,8-9,12-13H,3,6-7,10-11H2,1H3,(H,25,28). The Labute approximate surface area is 167 Å². The number of amides is 1. The zero-order valence-electron chi connectivity index (χ0n) is 16.0. The fraction of sp³-hybridized carbons (Fsp3) is 0.273. The van der Waals surface area contributed by atoms with E-state index < -0.39 is 11.6 Å². The second kappa shape index (κ2) is 8.03. The van der Waals surface area contributed by atoms with Gasteiger partial charge in [-0.05, 0) is 56.0 Å². The monoisotopic (exact) mass is 397 g/mol. The molecule has 7 heteroatoms. The Morgan fingerprint density at radius 3 is 2.83 bits per heavy atom. The lowest BCUT2D eigenvalue weighted by atomic mass is 10.2. The molecule has 5 nitrogen and oxygen atoms in total. The lowest BCUT2D eigenvalue weighted by Gasteiger charge is -2.08. The van der Waals surface area contributed by atoms with Crippen LogP contribution < -0.4 is 10.1 Å². The van der Waals surface area contributed by atoms with Crippen molar-refractivity contribution in [2.45, 2.75) is 26.2 Å². The summed E-state index contributed by atoms with van der Waals surface area (Å²) in [5, 5.41) is 7.22. The van der Waals surface area contributed by atoms with E-state index in [1.165, 1.54) is 6.07 Å². The van der Waals surface area contributed by atoms with E-state index in [0.717, 1.165) is 54.0 Å². The van der Waals surface area contributed by atoms with E-state index >= 15 is 0 Å². The summed E-state index contributed by atoms with van der Waals surface area (Å²) in [6.45, 7) is 2.65. The lowest BCUT2D eigenvalue weighted by Crippen LogP contribution is -2.29. The third-order valence-electron chi connectivity index (χ3n) is 4.94. The molecule has 1 aliphatic rings. The number of aromatic nitrogens is 2. The summed E-state index contributed by atoms with van der Waals surface area (Å²) in [4.78, 5) is 12.7. The Kier molecular flexibility index (Phi) is 5.29. The molecule has 150 valence electrons. The molecule has 1 N–H and O–H groups in total. The summed E-state index contributed by atoms with van der Waals surface area (Å²) >= 11 is 0. The van der Waals surface area contributed by atoms with E-state index in [0.29, 0.717) is 24.5 Å². The van der Waals surface area contributed by atoms with Crippen LogP contribution >= 0.6 is 0 Å².